The van der Waals surface area contributed by atoms with Crippen LogP contribution in [-0.2, 0) is 9.59 Å². The zero-order chi connectivity index (χ0) is 15.8. The van der Waals surface area contributed by atoms with Crippen molar-refractivity contribution in [1.82, 2.24) is 5.32 Å². The number of halogens is 2. The third kappa shape index (κ3) is 2.29. The highest BCUT2D eigenvalue weighted by Crippen LogP contribution is 2.35. The minimum Gasteiger partial charge on any atom is -0.276 e. The van der Waals surface area contributed by atoms with E-state index in [1.807, 2.05) is 0 Å². The fourth-order valence-corrected chi connectivity index (χ4v) is 2.53. The molecule has 2 rings (SSSR count). The van der Waals surface area contributed by atoms with Gasteiger partial charge in [0.2, 0.25) is 5.91 Å². The number of carbonyl (C=O) groups excluding carboxylic acids is 3. The third-order valence-corrected chi connectivity index (χ3v) is 4.15. The SMILES string of the molecule is CCC1(CC)C(=O)NC(=O)N(c2ccc(Cl)c(F)c2)C1=O. The van der Waals surface area contributed by atoms with Crippen molar-refractivity contribution in [2.24, 2.45) is 5.41 Å². The van der Waals surface area contributed by atoms with Crippen molar-refractivity contribution in [2.75, 3.05) is 4.90 Å². The van der Waals surface area contributed by atoms with Crippen LogP contribution in [-0.4, -0.2) is 17.8 Å². The average molecular weight is 313 g/mol. The quantitative estimate of drug-likeness (QED) is 0.873. The summed E-state index contributed by atoms with van der Waals surface area (Å²) in [5.41, 5.74) is -1.28. The van der Waals surface area contributed by atoms with Crippen LogP contribution in [0.25, 0.3) is 0 Å². The molecule has 1 saturated heterocycles. The minimum absolute atomic E-state index is 0.0400. The molecule has 4 amide bonds. The van der Waals surface area contributed by atoms with Gasteiger partial charge in [0.1, 0.15) is 11.2 Å². The number of imide groups is 2. The summed E-state index contributed by atoms with van der Waals surface area (Å²) in [5, 5.41) is 2.04. The van der Waals surface area contributed by atoms with Crippen LogP contribution in [0.15, 0.2) is 18.2 Å². The molecule has 1 aromatic carbocycles. The van der Waals surface area contributed by atoms with Crippen LogP contribution >= 0.6 is 11.6 Å². The van der Waals surface area contributed by atoms with Crippen LogP contribution in [0.4, 0.5) is 14.9 Å². The molecule has 1 aliphatic heterocycles. The Labute approximate surface area is 126 Å². The third-order valence-electron chi connectivity index (χ3n) is 3.84. The predicted molar refractivity (Wildman–Crippen MR) is 75.4 cm³/mol. The van der Waals surface area contributed by atoms with E-state index < -0.39 is 29.1 Å². The zero-order valence-corrected chi connectivity index (χ0v) is 12.3. The van der Waals surface area contributed by atoms with Crippen molar-refractivity contribution >= 4 is 35.1 Å². The Morgan fingerprint density at radius 3 is 2.38 bits per heavy atom. The van der Waals surface area contributed by atoms with Gasteiger partial charge in [-0.25, -0.2) is 14.1 Å². The van der Waals surface area contributed by atoms with Gasteiger partial charge in [-0.1, -0.05) is 25.4 Å². The molecule has 7 heteroatoms. The second-order valence-corrected chi connectivity index (χ2v) is 5.19. The van der Waals surface area contributed by atoms with Gasteiger partial charge >= 0.3 is 6.03 Å². The topological polar surface area (TPSA) is 66.5 Å². The van der Waals surface area contributed by atoms with Gasteiger partial charge in [-0.3, -0.25) is 14.9 Å². The van der Waals surface area contributed by atoms with E-state index in [4.69, 9.17) is 11.6 Å². The van der Waals surface area contributed by atoms with E-state index in [1.165, 1.54) is 12.1 Å². The standard InChI is InChI=1S/C14H14ClFN2O3/c1-3-14(4-2)11(19)17-13(21)18(12(14)20)8-5-6-9(15)10(16)7-8/h5-7H,3-4H2,1-2H3,(H,17,19,21). The van der Waals surface area contributed by atoms with Gasteiger partial charge in [-0.05, 0) is 31.0 Å². The molecule has 1 N–H and O–H groups in total. The van der Waals surface area contributed by atoms with Crippen LogP contribution in [0.3, 0.4) is 0 Å². The summed E-state index contributed by atoms with van der Waals surface area (Å²) in [5.74, 6) is -2.01. The summed E-state index contributed by atoms with van der Waals surface area (Å²) in [7, 11) is 0. The molecule has 0 aliphatic carbocycles. The molecule has 1 heterocycles. The Morgan fingerprint density at radius 1 is 1.24 bits per heavy atom. The van der Waals surface area contributed by atoms with E-state index in [9.17, 15) is 18.8 Å². The van der Waals surface area contributed by atoms with Crippen LogP contribution in [0.5, 0.6) is 0 Å². The number of hydrogen-bond donors (Lipinski definition) is 1. The Morgan fingerprint density at radius 2 is 1.86 bits per heavy atom. The molecule has 0 saturated carbocycles. The number of urea groups is 1. The molecule has 0 atom stereocenters. The highest BCUT2D eigenvalue weighted by molar-refractivity contribution is 6.31. The molecule has 0 bridgehead atoms. The van der Waals surface area contributed by atoms with Gasteiger partial charge < -0.3 is 0 Å². The van der Waals surface area contributed by atoms with Gasteiger partial charge in [0.15, 0.2) is 0 Å². The van der Waals surface area contributed by atoms with E-state index >= 15 is 0 Å². The number of barbiturate groups is 1. The first-order chi connectivity index (χ1) is 9.87. The fraction of sp³-hybridized carbons (Fsp3) is 0.357. The maximum absolute atomic E-state index is 13.6. The van der Waals surface area contributed by atoms with Crippen LogP contribution in [0.1, 0.15) is 26.7 Å². The van der Waals surface area contributed by atoms with E-state index in [1.54, 1.807) is 13.8 Å². The first-order valence-electron chi connectivity index (χ1n) is 6.52. The second kappa shape index (κ2) is 5.44. The van der Waals surface area contributed by atoms with Crippen molar-refractivity contribution in [3.8, 4) is 0 Å². The number of rotatable bonds is 3. The summed E-state index contributed by atoms with van der Waals surface area (Å²) in [6.45, 7) is 3.38. The Hall–Kier alpha value is -1.95. The average Bonchev–Trinajstić information content (AvgIpc) is 2.44. The highest BCUT2D eigenvalue weighted by atomic mass is 35.5. The van der Waals surface area contributed by atoms with E-state index in [0.29, 0.717) is 0 Å². The highest BCUT2D eigenvalue weighted by Gasteiger charge is 2.51. The van der Waals surface area contributed by atoms with Crippen molar-refractivity contribution < 1.29 is 18.8 Å². The normalized spacial score (nSPS) is 17.9. The lowest BCUT2D eigenvalue weighted by molar-refractivity contribution is -0.143. The van der Waals surface area contributed by atoms with Gasteiger partial charge in [0, 0.05) is 0 Å². The van der Waals surface area contributed by atoms with Gasteiger partial charge in [-0.15, -0.1) is 0 Å². The van der Waals surface area contributed by atoms with Crippen molar-refractivity contribution in [3.63, 3.8) is 0 Å². The van der Waals surface area contributed by atoms with Crippen molar-refractivity contribution in [2.45, 2.75) is 26.7 Å². The number of nitrogens with one attached hydrogen (secondary N) is 1. The molecular weight excluding hydrogens is 299 g/mol. The number of amides is 4. The lowest BCUT2D eigenvalue weighted by atomic mass is 9.78. The number of carbonyl (C=O) groups is 3. The smallest absolute Gasteiger partial charge is 0.276 e. The van der Waals surface area contributed by atoms with Crippen LogP contribution in [0, 0.1) is 11.2 Å². The van der Waals surface area contributed by atoms with Gasteiger partial charge in [0.25, 0.3) is 5.91 Å². The van der Waals surface area contributed by atoms with E-state index in [-0.39, 0.29) is 23.6 Å². The van der Waals surface area contributed by atoms with Gasteiger partial charge in [0.05, 0.1) is 10.7 Å². The summed E-state index contributed by atoms with van der Waals surface area (Å²) in [6.07, 6.45) is 0.488. The Kier molecular flexibility index (Phi) is 4.00. The monoisotopic (exact) mass is 312 g/mol. The molecule has 5 nitrogen and oxygen atoms in total. The zero-order valence-electron chi connectivity index (χ0n) is 11.6. The lowest BCUT2D eigenvalue weighted by Gasteiger charge is -2.38. The molecule has 0 spiro atoms. The summed E-state index contributed by atoms with van der Waals surface area (Å²) in [6, 6.07) is 2.72. The molecular formula is C14H14ClFN2O3. The molecule has 1 aliphatic rings. The van der Waals surface area contributed by atoms with Gasteiger partial charge in [-0.2, -0.15) is 0 Å². The Balaban J connectivity index is 2.51. The lowest BCUT2D eigenvalue weighted by Crippen LogP contribution is -2.64. The first-order valence-corrected chi connectivity index (χ1v) is 6.90. The van der Waals surface area contributed by atoms with E-state index in [0.717, 1.165) is 11.0 Å². The molecule has 0 radical (unpaired) electrons. The molecule has 112 valence electrons. The summed E-state index contributed by atoms with van der Waals surface area (Å²) >= 11 is 5.59. The molecule has 1 fully saturated rings. The van der Waals surface area contributed by atoms with E-state index in [2.05, 4.69) is 5.32 Å². The number of benzene rings is 1. The maximum atomic E-state index is 13.6. The minimum atomic E-state index is -1.32. The van der Waals surface area contributed by atoms with Crippen LogP contribution in [0.2, 0.25) is 5.02 Å². The maximum Gasteiger partial charge on any atom is 0.335 e. The summed E-state index contributed by atoms with van der Waals surface area (Å²) < 4.78 is 13.6. The molecule has 0 unspecified atom stereocenters. The molecule has 21 heavy (non-hydrogen) atoms. The summed E-state index contributed by atoms with van der Waals surface area (Å²) in [4.78, 5) is 37.4. The number of nitrogens with zero attached hydrogens (tertiary/aromatic N) is 1. The second-order valence-electron chi connectivity index (χ2n) is 4.79. The first kappa shape index (κ1) is 15.4. The van der Waals surface area contributed by atoms with Crippen molar-refractivity contribution in [3.05, 3.63) is 29.0 Å². The molecule has 1 aromatic rings. The largest absolute Gasteiger partial charge is 0.335 e. The van der Waals surface area contributed by atoms with Crippen molar-refractivity contribution in [1.29, 1.82) is 0 Å². The fourth-order valence-electron chi connectivity index (χ4n) is 2.41. The number of anilines is 1. The number of hydrogen-bond acceptors (Lipinski definition) is 3. The Bertz CT molecular complexity index is 629. The van der Waals surface area contributed by atoms with Crippen LogP contribution < -0.4 is 10.2 Å². The molecule has 0 aromatic heterocycles. The predicted octanol–water partition coefficient (Wildman–Crippen LogP) is 2.87.